The lowest BCUT2D eigenvalue weighted by molar-refractivity contribution is 0.0770. The van der Waals surface area contributed by atoms with E-state index in [0.29, 0.717) is 18.9 Å². The van der Waals surface area contributed by atoms with Crippen LogP contribution in [0.25, 0.3) is 5.78 Å². The van der Waals surface area contributed by atoms with Crippen LogP contribution in [0.15, 0.2) is 6.07 Å². The Bertz CT molecular complexity index is 666. The van der Waals surface area contributed by atoms with Gasteiger partial charge in [-0.1, -0.05) is 0 Å². The summed E-state index contributed by atoms with van der Waals surface area (Å²) in [6, 6.07) is 1.90. The molecule has 1 aliphatic heterocycles. The number of aliphatic hydroxyl groups excluding tert-OH is 1. The number of aliphatic hydroxyl groups is 1. The van der Waals surface area contributed by atoms with Crippen molar-refractivity contribution in [1.82, 2.24) is 24.5 Å². The third kappa shape index (κ3) is 2.14. The van der Waals surface area contributed by atoms with Crippen LogP contribution in [0, 0.1) is 19.8 Å². The van der Waals surface area contributed by atoms with E-state index in [0.717, 1.165) is 17.8 Å². The van der Waals surface area contributed by atoms with Crippen LogP contribution in [-0.4, -0.2) is 55.2 Å². The van der Waals surface area contributed by atoms with E-state index in [4.69, 9.17) is 5.11 Å². The van der Waals surface area contributed by atoms with Crippen molar-refractivity contribution in [3.05, 3.63) is 23.3 Å². The van der Waals surface area contributed by atoms with E-state index in [9.17, 15) is 4.79 Å². The molecule has 1 fully saturated rings. The zero-order valence-corrected chi connectivity index (χ0v) is 11.6. The van der Waals surface area contributed by atoms with Gasteiger partial charge in [0, 0.05) is 37.0 Å². The predicted octanol–water partition coefficient (Wildman–Crippen LogP) is 0.196. The van der Waals surface area contributed by atoms with Gasteiger partial charge >= 0.3 is 0 Å². The maximum absolute atomic E-state index is 12.4. The SMILES string of the molecule is Cc1cc(C)n2nc(C(=O)N3CCC(CO)C3)nc2n1. The second-order valence-electron chi connectivity index (χ2n) is 5.27. The fraction of sp³-hybridized carbons (Fsp3) is 0.538. The van der Waals surface area contributed by atoms with E-state index >= 15 is 0 Å². The molecule has 7 heteroatoms. The van der Waals surface area contributed by atoms with E-state index < -0.39 is 0 Å². The van der Waals surface area contributed by atoms with E-state index in [1.807, 2.05) is 19.9 Å². The number of aryl methyl sites for hydroxylation is 2. The molecule has 1 unspecified atom stereocenters. The Morgan fingerprint density at radius 3 is 2.95 bits per heavy atom. The summed E-state index contributed by atoms with van der Waals surface area (Å²) < 4.78 is 1.58. The highest BCUT2D eigenvalue weighted by Gasteiger charge is 2.29. The van der Waals surface area contributed by atoms with Crippen LogP contribution in [-0.2, 0) is 0 Å². The molecule has 2 aromatic heterocycles. The minimum atomic E-state index is -0.191. The Morgan fingerprint density at radius 1 is 1.45 bits per heavy atom. The predicted molar refractivity (Wildman–Crippen MR) is 71.4 cm³/mol. The van der Waals surface area contributed by atoms with E-state index in [1.54, 1.807) is 9.42 Å². The Balaban J connectivity index is 1.91. The fourth-order valence-electron chi connectivity index (χ4n) is 2.56. The van der Waals surface area contributed by atoms with Crippen molar-refractivity contribution in [2.75, 3.05) is 19.7 Å². The van der Waals surface area contributed by atoms with Gasteiger partial charge in [0.15, 0.2) is 0 Å². The standard InChI is InChI=1S/C13H17N5O2/c1-8-5-9(2)18-13(14-8)15-11(16-18)12(20)17-4-3-10(6-17)7-19/h5,10,19H,3-4,6-7H2,1-2H3. The number of nitrogens with zero attached hydrogens (tertiary/aromatic N) is 5. The maximum atomic E-state index is 12.4. The van der Waals surface area contributed by atoms with Gasteiger partial charge in [0.05, 0.1) is 0 Å². The summed E-state index contributed by atoms with van der Waals surface area (Å²) >= 11 is 0. The third-order valence-corrected chi connectivity index (χ3v) is 3.64. The lowest BCUT2D eigenvalue weighted by Gasteiger charge is -2.13. The van der Waals surface area contributed by atoms with Crippen LogP contribution in [0.3, 0.4) is 0 Å². The number of hydrogen-bond acceptors (Lipinski definition) is 5. The average molecular weight is 275 g/mol. The highest BCUT2D eigenvalue weighted by molar-refractivity contribution is 5.91. The molecule has 1 aliphatic rings. The molecule has 106 valence electrons. The van der Waals surface area contributed by atoms with Gasteiger partial charge in [-0.15, -0.1) is 5.10 Å². The summed E-state index contributed by atoms with van der Waals surface area (Å²) in [5.41, 5.74) is 1.75. The molecule has 3 heterocycles. The highest BCUT2D eigenvalue weighted by Crippen LogP contribution is 2.17. The molecule has 0 aliphatic carbocycles. The first kappa shape index (κ1) is 13.0. The van der Waals surface area contributed by atoms with Crippen molar-refractivity contribution in [3.63, 3.8) is 0 Å². The van der Waals surface area contributed by atoms with Crippen molar-refractivity contribution in [2.24, 2.45) is 5.92 Å². The average Bonchev–Trinajstić information content (AvgIpc) is 3.03. The highest BCUT2D eigenvalue weighted by atomic mass is 16.3. The van der Waals surface area contributed by atoms with Crippen LogP contribution in [0.5, 0.6) is 0 Å². The van der Waals surface area contributed by atoms with Crippen LogP contribution in [0.4, 0.5) is 0 Å². The summed E-state index contributed by atoms with van der Waals surface area (Å²) in [4.78, 5) is 22.5. The van der Waals surface area contributed by atoms with Gasteiger partial charge in [0.25, 0.3) is 11.7 Å². The molecule has 20 heavy (non-hydrogen) atoms. The summed E-state index contributed by atoms with van der Waals surface area (Å²) in [6.45, 7) is 5.11. The number of hydrogen-bond donors (Lipinski definition) is 1. The summed E-state index contributed by atoms with van der Waals surface area (Å²) in [6.07, 6.45) is 0.825. The normalized spacial score (nSPS) is 18.9. The van der Waals surface area contributed by atoms with E-state index in [-0.39, 0.29) is 24.3 Å². The van der Waals surface area contributed by atoms with Crippen molar-refractivity contribution in [3.8, 4) is 0 Å². The molecule has 1 atom stereocenters. The van der Waals surface area contributed by atoms with Gasteiger partial charge in [-0.05, 0) is 26.3 Å². The van der Waals surface area contributed by atoms with Gasteiger partial charge in [0.2, 0.25) is 5.82 Å². The van der Waals surface area contributed by atoms with Gasteiger partial charge in [-0.25, -0.2) is 9.50 Å². The van der Waals surface area contributed by atoms with Gasteiger partial charge in [-0.2, -0.15) is 4.98 Å². The topological polar surface area (TPSA) is 83.6 Å². The van der Waals surface area contributed by atoms with E-state index in [2.05, 4.69) is 15.1 Å². The first-order valence-corrected chi connectivity index (χ1v) is 6.69. The fourth-order valence-corrected chi connectivity index (χ4v) is 2.56. The van der Waals surface area contributed by atoms with Gasteiger partial charge in [-0.3, -0.25) is 4.79 Å². The molecule has 1 saturated heterocycles. The second-order valence-corrected chi connectivity index (χ2v) is 5.27. The number of likely N-dealkylation sites (tertiary alicyclic amines) is 1. The van der Waals surface area contributed by atoms with Crippen LogP contribution in [0.1, 0.15) is 28.4 Å². The minimum absolute atomic E-state index is 0.113. The molecular weight excluding hydrogens is 258 g/mol. The molecule has 7 nitrogen and oxygen atoms in total. The number of carbonyl (C=O) groups is 1. The maximum Gasteiger partial charge on any atom is 0.293 e. The monoisotopic (exact) mass is 275 g/mol. The Labute approximate surface area is 116 Å². The molecule has 0 aromatic carbocycles. The molecule has 0 spiro atoms. The number of fused-ring (bicyclic) bond motifs is 1. The molecular formula is C13H17N5O2. The van der Waals surface area contributed by atoms with Crippen LogP contribution < -0.4 is 0 Å². The molecule has 0 bridgehead atoms. The quantitative estimate of drug-likeness (QED) is 0.846. The smallest absolute Gasteiger partial charge is 0.293 e. The summed E-state index contributed by atoms with van der Waals surface area (Å²) in [5, 5.41) is 13.4. The molecule has 3 rings (SSSR count). The zero-order valence-electron chi connectivity index (χ0n) is 11.6. The molecule has 1 amide bonds. The third-order valence-electron chi connectivity index (χ3n) is 3.64. The van der Waals surface area contributed by atoms with Crippen LogP contribution >= 0.6 is 0 Å². The first-order valence-electron chi connectivity index (χ1n) is 6.69. The second kappa shape index (κ2) is 4.82. The van der Waals surface area contributed by atoms with Crippen molar-refractivity contribution in [2.45, 2.75) is 20.3 Å². The number of amides is 1. The molecule has 0 saturated carbocycles. The lowest BCUT2D eigenvalue weighted by Crippen LogP contribution is -2.30. The van der Waals surface area contributed by atoms with Crippen LogP contribution in [0.2, 0.25) is 0 Å². The minimum Gasteiger partial charge on any atom is -0.396 e. The zero-order chi connectivity index (χ0) is 14.3. The number of rotatable bonds is 2. The lowest BCUT2D eigenvalue weighted by atomic mass is 10.1. The first-order chi connectivity index (χ1) is 9.58. The number of aromatic nitrogens is 4. The number of carbonyl (C=O) groups excluding carboxylic acids is 1. The van der Waals surface area contributed by atoms with Gasteiger partial charge in [0.1, 0.15) is 0 Å². The molecule has 2 aromatic rings. The Morgan fingerprint density at radius 2 is 2.25 bits per heavy atom. The van der Waals surface area contributed by atoms with Crippen molar-refractivity contribution in [1.29, 1.82) is 0 Å². The van der Waals surface area contributed by atoms with Gasteiger partial charge < -0.3 is 10.0 Å². The summed E-state index contributed by atoms with van der Waals surface area (Å²) in [7, 11) is 0. The van der Waals surface area contributed by atoms with Crippen molar-refractivity contribution < 1.29 is 9.90 Å². The summed E-state index contributed by atoms with van der Waals surface area (Å²) in [5.74, 6) is 0.593. The molecule has 1 N–H and O–H groups in total. The van der Waals surface area contributed by atoms with Crippen molar-refractivity contribution >= 4 is 11.7 Å². The Kier molecular flexibility index (Phi) is 3.13. The van der Waals surface area contributed by atoms with E-state index in [1.165, 1.54) is 0 Å². The Hall–Kier alpha value is -2.02. The molecule has 0 radical (unpaired) electrons. The largest absolute Gasteiger partial charge is 0.396 e.